The Kier molecular flexibility index (Phi) is 3.82. The summed E-state index contributed by atoms with van der Waals surface area (Å²) >= 11 is 0. The molecule has 79 valence electrons. The predicted molar refractivity (Wildman–Crippen MR) is 64.5 cm³/mol. The van der Waals surface area contributed by atoms with Crippen LogP contribution in [0, 0.1) is 6.92 Å². The number of hydrogen-bond acceptors (Lipinski definition) is 0. The minimum absolute atomic E-state index is 0. The summed E-state index contributed by atoms with van der Waals surface area (Å²) < 4.78 is 0. The van der Waals surface area contributed by atoms with Gasteiger partial charge in [0.05, 0.1) is 0 Å². The maximum absolute atomic E-state index is 4.27. The van der Waals surface area contributed by atoms with Gasteiger partial charge in [-0.05, 0) is 24.0 Å². The molecule has 1 aromatic carbocycles. The molecule has 0 N–H and O–H groups in total. The first-order valence-corrected chi connectivity index (χ1v) is 5.64. The Labute approximate surface area is 123 Å². The summed E-state index contributed by atoms with van der Waals surface area (Å²) in [4.78, 5) is 0. The van der Waals surface area contributed by atoms with Crippen molar-refractivity contribution < 1.29 is 32.7 Å². The van der Waals surface area contributed by atoms with Crippen molar-refractivity contribution in [3.05, 3.63) is 60.0 Å². The molecule has 1 heteroatoms. The summed E-state index contributed by atoms with van der Waals surface area (Å²) in [6.07, 6.45) is 7.98. The average molecular weight is 284 g/mol. The van der Waals surface area contributed by atoms with Gasteiger partial charge in [-0.2, -0.15) is 0 Å². The number of fused-ring (bicyclic) bond motifs is 2. The number of rotatable bonds is 0. The zero-order chi connectivity index (χ0) is 10.3. The van der Waals surface area contributed by atoms with E-state index in [1.54, 1.807) is 11.1 Å². The SMILES string of the molecule is [CH2-]C1CC2=C(CC=CC2)c2ccccc21.[Y]. The maximum atomic E-state index is 4.27. The summed E-state index contributed by atoms with van der Waals surface area (Å²) in [6, 6.07) is 8.75. The minimum Gasteiger partial charge on any atom is -0.336 e. The van der Waals surface area contributed by atoms with Crippen molar-refractivity contribution in [3.8, 4) is 0 Å². The van der Waals surface area contributed by atoms with Gasteiger partial charge in [-0.3, -0.25) is 0 Å². The molecule has 1 radical (unpaired) electrons. The molecule has 0 amide bonds. The van der Waals surface area contributed by atoms with Crippen LogP contribution < -0.4 is 0 Å². The Morgan fingerprint density at radius 3 is 2.69 bits per heavy atom. The molecule has 0 nitrogen and oxygen atoms in total. The predicted octanol–water partition coefficient (Wildman–Crippen LogP) is 4.11. The van der Waals surface area contributed by atoms with E-state index in [0.29, 0.717) is 5.92 Å². The van der Waals surface area contributed by atoms with Crippen LogP contribution in [0.1, 0.15) is 36.3 Å². The minimum atomic E-state index is 0. The second kappa shape index (κ2) is 4.98. The van der Waals surface area contributed by atoms with Crippen LogP contribution >= 0.6 is 0 Å². The molecular formula is C15H15Y-. The van der Waals surface area contributed by atoms with Crippen LogP contribution in [0.15, 0.2) is 42.0 Å². The standard InChI is InChI=1S/C15H15.Y/c1-11-10-12-6-2-3-8-14(12)15-9-5-4-7-13(11)15;/h2-5,7,9,11H,1,6,8,10H2;/q-1;. The third kappa shape index (κ3) is 1.98. The van der Waals surface area contributed by atoms with Crippen LogP contribution in [0.3, 0.4) is 0 Å². The monoisotopic (exact) mass is 284 g/mol. The second-order valence-corrected chi connectivity index (χ2v) is 4.45. The van der Waals surface area contributed by atoms with Crippen molar-refractivity contribution >= 4 is 5.57 Å². The molecule has 0 saturated heterocycles. The first-order valence-electron chi connectivity index (χ1n) is 5.64. The third-order valence-corrected chi connectivity index (χ3v) is 3.50. The molecule has 1 unspecified atom stereocenters. The number of benzene rings is 1. The Hall–Kier alpha value is -0.196. The normalized spacial score (nSPS) is 22.2. The van der Waals surface area contributed by atoms with E-state index < -0.39 is 0 Å². The zero-order valence-electron chi connectivity index (χ0n) is 9.45. The van der Waals surface area contributed by atoms with Gasteiger partial charge in [0.2, 0.25) is 0 Å². The number of hydrogen-bond donors (Lipinski definition) is 0. The van der Waals surface area contributed by atoms with Crippen molar-refractivity contribution in [2.24, 2.45) is 0 Å². The summed E-state index contributed by atoms with van der Waals surface area (Å²) in [5.74, 6) is 0.450. The van der Waals surface area contributed by atoms with Crippen LogP contribution in [-0.4, -0.2) is 0 Å². The van der Waals surface area contributed by atoms with E-state index in [4.69, 9.17) is 0 Å². The van der Waals surface area contributed by atoms with Crippen LogP contribution in [-0.2, 0) is 32.7 Å². The summed E-state index contributed by atoms with van der Waals surface area (Å²) in [5.41, 5.74) is 6.05. The van der Waals surface area contributed by atoms with E-state index in [2.05, 4.69) is 43.3 Å². The summed E-state index contributed by atoms with van der Waals surface area (Å²) in [5, 5.41) is 0. The van der Waals surface area contributed by atoms with Gasteiger partial charge >= 0.3 is 0 Å². The van der Waals surface area contributed by atoms with Gasteiger partial charge in [0.1, 0.15) is 0 Å². The van der Waals surface area contributed by atoms with Crippen LogP contribution in [0.5, 0.6) is 0 Å². The van der Waals surface area contributed by atoms with Gasteiger partial charge in [-0.25, -0.2) is 0 Å². The molecule has 0 saturated carbocycles. The second-order valence-electron chi connectivity index (χ2n) is 4.45. The van der Waals surface area contributed by atoms with Gasteiger partial charge < -0.3 is 6.92 Å². The number of allylic oxidation sites excluding steroid dienone is 4. The molecule has 0 fully saturated rings. The molecule has 0 aliphatic heterocycles. The van der Waals surface area contributed by atoms with Gasteiger partial charge in [0, 0.05) is 32.7 Å². The van der Waals surface area contributed by atoms with Crippen molar-refractivity contribution in [3.63, 3.8) is 0 Å². The van der Waals surface area contributed by atoms with Gasteiger partial charge in [-0.15, -0.1) is 5.92 Å². The largest absolute Gasteiger partial charge is 0.336 e. The zero-order valence-corrected chi connectivity index (χ0v) is 12.3. The third-order valence-electron chi connectivity index (χ3n) is 3.50. The van der Waals surface area contributed by atoms with Gasteiger partial charge in [0.25, 0.3) is 0 Å². The molecule has 1 atom stereocenters. The first-order chi connectivity index (χ1) is 7.36. The van der Waals surface area contributed by atoms with E-state index in [0.717, 1.165) is 19.3 Å². The average Bonchev–Trinajstić information content (AvgIpc) is 2.30. The fourth-order valence-corrected chi connectivity index (χ4v) is 2.74. The maximum Gasteiger partial charge on any atom is 0 e. The van der Waals surface area contributed by atoms with Gasteiger partial charge in [0.15, 0.2) is 0 Å². The molecular weight excluding hydrogens is 269 g/mol. The Morgan fingerprint density at radius 1 is 1.06 bits per heavy atom. The fraction of sp³-hybridized carbons (Fsp3) is 0.267. The van der Waals surface area contributed by atoms with E-state index >= 15 is 0 Å². The first kappa shape index (κ1) is 12.3. The summed E-state index contributed by atoms with van der Waals surface area (Å²) in [7, 11) is 0. The molecule has 1 aromatic rings. The van der Waals surface area contributed by atoms with E-state index in [1.165, 1.54) is 11.1 Å². The Bertz CT molecular complexity index is 454. The molecule has 0 bridgehead atoms. The molecule has 2 aliphatic carbocycles. The van der Waals surface area contributed by atoms with Crippen molar-refractivity contribution in [1.82, 2.24) is 0 Å². The molecule has 0 aromatic heterocycles. The summed E-state index contributed by atoms with van der Waals surface area (Å²) in [6.45, 7) is 4.27. The Balaban J connectivity index is 0.000000963. The van der Waals surface area contributed by atoms with Crippen molar-refractivity contribution in [1.29, 1.82) is 0 Å². The van der Waals surface area contributed by atoms with Crippen molar-refractivity contribution in [2.75, 3.05) is 0 Å². The smallest absolute Gasteiger partial charge is 0 e. The van der Waals surface area contributed by atoms with E-state index in [-0.39, 0.29) is 32.7 Å². The van der Waals surface area contributed by atoms with E-state index in [1.807, 2.05) is 0 Å². The molecule has 2 aliphatic rings. The van der Waals surface area contributed by atoms with E-state index in [9.17, 15) is 0 Å². The van der Waals surface area contributed by atoms with Crippen LogP contribution in [0.2, 0.25) is 0 Å². The molecule has 16 heavy (non-hydrogen) atoms. The fourth-order valence-electron chi connectivity index (χ4n) is 2.74. The quantitative estimate of drug-likeness (QED) is 0.497. The van der Waals surface area contributed by atoms with Crippen LogP contribution in [0.25, 0.3) is 5.57 Å². The van der Waals surface area contributed by atoms with Crippen LogP contribution in [0.4, 0.5) is 0 Å². The topological polar surface area (TPSA) is 0 Å². The molecule has 3 rings (SSSR count). The Morgan fingerprint density at radius 2 is 1.81 bits per heavy atom. The van der Waals surface area contributed by atoms with Crippen molar-refractivity contribution in [2.45, 2.75) is 25.2 Å². The van der Waals surface area contributed by atoms with Gasteiger partial charge in [-0.1, -0.05) is 54.0 Å². The molecule has 0 heterocycles. The molecule has 0 spiro atoms.